The summed E-state index contributed by atoms with van der Waals surface area (Å²) in [5.41, 5.74) is 3.98. The molecule has 1 aliphatic carbocycles. The van der Waals surface area contributed by atoms with Gasteiger partial charge in [0, 0.05) is 29.3 Å². The van der Waals surface area contributed by atoms with Crippen LogP contribution in [0.25, 0.3) is 0 Å². The summed E-state index contributed by atoms with van der Waals surface area (Å²) >= 11 is 6.28. The Balaban J connectivity index is 1.86. The number of esters is 1. The van der Waals surface area contributed by atoms with Crippen LogP contribution in [-0.2, 0) is 14.3 Å². The van der Waals surface area contributed by atoms with Crippen LogP contribution in [0.3, 0.4) is 0 Å². The molecule has 0 saturated carbocycles. The second-order valence-electron chi connectivity index (χ2n) is 8.20. The number of carbonyl (C=O) groups excluding carboxylic acids is 2. The molecular weight excluding hydrogens is 442 g/mol. The van der Waals surface area contributed by atoms with Crippen molar-refractivity contribution in [3.8, 4) is 11.5 Å². The summed E-state index contributed by atoms with van der Waals surface area (Å²) in [6, 6.07) is 13.1. The Morgan fingerprint density at radius 3 is 2.58 bits per heavy atom. The Kier molecular flexibility index (Phi) is 6.47. The van der Waals surface area contributed by atoms with Gasteiger partial charge in [0.2, 0.25) is 0 Å². The Morgan fingerprint density at radius 2 is 1.91 bits per heavy atom. The quantitative estimate of drug-likeness (QED) is 0.603. The average Bonchev–Trinajstić information content (AvgIpc) is 2.80. The molecule has 0 radical (unpaired) electrons. The number of hydrogen-bond acceptors (Lipinski definition) is 6. The lowest BCUT2D eigenvalue weighted by atomic mass is 9.71. The molecule has 7 heteroatoms. The highest BCUT2D eigenvalue weighted by Gasteiger charge is 2.41. The average molecular weight is 468 g/mol. The molecule has 4 rings (SSSR count). The lowest BCUT2D eigenvalue weighted by molar-refractivity contribution is -0.138. The molecule has 1 aliphatic heterocycles. The van der Waals surface area contributed by atoms with Crippen molar-refractivity contribution in [1.82, 2.24) is 5.32 Å². The van der Waals surface area contributed by atoms with Crippen LogP contribution < -0.4 is 10.1 Å². The van der Waals surface area contributed by atoms with Crippen molar-refractivity contribution >= 4 is 23.4 Å². The van der Waals surface area contributed by atoms with Crippen molar-refractivity contribution in [1.29, 1.82) is 0 Å². The maximum Gasteiger partial charge on any atom is 0.336 e. The lowest BCUT2D eigenvalue weighted by Gasteiger charge is -2.36. The number of dihydropyridines is 1. The van der Waals surface area contributed by atoms with Crippen molar-refractivity contribution in [2.24, 2.45) is 0 Å². The van der Waals surface area contributed by atoms with Crippen LogP contribution in [0.15, 0.2) is 65.0 Å². The molecule has 0 fully saturated rings. The number of halogens is 1. The van der Waals surface area contributed by atoms with Crippen LogP contribution in [-0.4, -0.2) is 30.6 Å². The number of hydrogen-bond donors (Lipinski definition) is 2. The number of ether oxygens (including phenoxy) is 2. The van der Waals surface area contributed by atoms with Gasteiger partial charge >= 0.3 is 5.97 Å². The molecule has 33 heavy (non-hydrogen) atoms. The van der Waals surface area contributed by atoms with E-state index in [1.807, 2.05) is 30.3 Å². The minimum Gasteiger partial charge on any atom is -0.503 e. The predicted molar refractivity (Wildman–Crippen MR) is 125 cm³/mol. The summed E-state index contributed by atoms with van der Waals surface area (Å²) in [6.07, 6.45) is 0.969. The van der Waals surface area contributed by atoms with Crippen LogP contribution in [0.2, 0.25) is 5.02 Å². The minimum absolute atomic E-state index is 0.0416. The van der Waals surface area contributed by atoms with E-state index in [-0.39, 0.29) is 34.8 Å². The first kappa shape index (κ1) is 22.9. The molecule has 2 aromatic carbocycles. The largest absolute Gasteiger partial charge is 0.503 e. The number of phenols is 1. The van der Waals surface area contributed by atoms with Crippen molar-refractivity contribution in [2.45, 2.75) is 38.5 Å². The highest BCUT2D eigenvalue weighted by Crippen LogP contribution is 2.48. The number of allylic oxidation sites excluding steroid dienone is 3. The molecule has 2 aromatic rings. The zero-order valence-corrected chi connectivity index (χ0v) is 19.5. The first-order valence-electron chi connectivity index (χ1n) is 10.9. The number of rotatable bonds is 5. The minimum atomic E-state index is -0.684. The maximum atomic E-state index is 13.5. The monoisotopic (exact) mass is 467 g/mol. The first-order valence-corrected chi connectivity index (χ1v) is 11.3. The van der Waals surface area contributed by atoms with E-state index in [9.17, 15) is 14.7 Å². The molecule has 172 valence electrons. The standard InChI is InChI=1S/C26H26ClNO5/c1-4-33-26(31)22-14(2)28-19-11-16(15-8-6-5-7-9-15)12-20(29)24(19)23(22)17-10-18(27)25(30)21(13-17)32-3/h5-10,13,16,23,28,30H,4,11-12H2,1-3H3/t16-,23-/m0/s1. The molecule has 6 nitrogen and oxygen atoms in total. The van der Waals surface area contributed by atoms with E-state index >= 15 is 0 Å². The molecule has 0 unspecified atom stereocenters. The summed E-state index contributed by atoms with van der Waals surface area (Å²) < 4.78 is 10.6. The molecule has 0 bridgehead atoms. The van der Waals surface area contributed by atoms with E-state index in [1.54, 1.807) is 26.0 Å². The lowest BCUT2D eigenvalue weighted by Crippen LogP contribution is -2.36. The van der Waals surface area contributed by atoms with Gasteiger partial charge in [-0.3, -0.25) is 4.79 Å². The zero-order chi connectivity index (χ0) is 23.7. The highest BCUT2D eigenvalue weighted by atomic mass is 35.5. The number of ketones is 1. The van der Waals surface area contributed by atoms with Gasteiger partial charge in [0.25, 0.3) is 0 Å². The third-order valence-electron chi connectivity index (χ3n) is 6.20. The number of phenolic OH excluding ortho intramolecular Hbond substituents is 1. The molecule has 2 N–H and O–H groups in total. The maximum absolute atomic E-state index is 13.5. The van der Waals surface area contributed by atoms with Crippen LogP contribution in [0, 0.1) is 0 Å². The fourth-order valence-electron chi connectivity index (χ4n) is 4.73. The predicted octanol–water partition coefficient (Wildman–Crippen LogP) is 4.98. The molecule has 2 atom stereocenters. The van der Waals surface area contributed by atoms with Crippen LogP contribution in [0.1, 0.15) is 49.7 Å². The van der Waals surface area contributed by atoms with Gasteiger partial charge in [0.1, 0.15) is 0 Å². The molecule has 1 heterocycles. The molecule has 0 amide bonds. The van der Waals surface area contributed by atoms with E-state index < -0.39 is 11.9 Å². The number of Topliss-reactive ketones (excluding diaryl/α,β-unsaturated/α-hetero) is 1. The summed E-state index contributed by atoms with van der Waals surface area (Å²) in [5.74, 6) is -1.20. The van der Waals surface area contributed by atoms with Gasteiger partial charge in [-0.25, -0.2) is 4.79 Å². The second kappa shape index (κ2) is 9.32. The van der Waals surface area contributed by atoms with Gasteiger partial charge in [-0.2, -0.15) is 0 Å². The first-order chi connectivity index (χ1) is 15.8. The smallest absolute Gasteiger partial charge is 0.336 e. The van der Waals surface area contributed by atoms with E-state index in [0.717, 1.165) is 11.3 Å². The van der Waals surface area contributed by atoms with Gasteiger partial charge in [-0.15, -0.1) is 0 Å². The number of aromatic hydroxyl groups is 1. The van der Waals surface area contributed by atoms with Crippen molar-refractivity contribution < 1.29 is 24.2 Å². The summed E-state index contributed by atoms with van der Waals surface area (Å²) in [6.45, 7) is 3.75. The third kappa shape index (κ3) is 4.23. The molecule has 0 spiro atoms. The molecule has 0 saturated heterocycles. The van der Waals surface area contributed by atoms with E-state index in [1.165, 1.54) is 7.11 Å². The Hall–Kier alpha value is -3.25. The van der Waals surface area contributed by atoms with Gasteiger partial charge in [-0.05, 0) is 49.4 Å². The fraction of sp³-hybridized carbons (Fsp3) is 0.308. The topological polar surface area (TPSA) is 84.9 Å². The van der Waals surface area contributed by atoms with Crippen LogP contribution in [0.4, 0.5) is 0 Å². The van der Waals surface area contributed by atoms with E-state index in [4.69, 9.17) is 21.1 Å². The molecule has 2 aliphatic rings. The van der Waals surface area contributed by atoms with Gasteiger partial charge < -0.3 is 19.9 Å². The molecule has 0 aromatic heterocycles. The van der Waals surface area contributed by atoms with Crippen LogP contribution in [0.5, 0.6) is 11.5 Å². The van der Waals surface area contributed by atoms with Gasteiger partial charge in [0.05, 0.1) is 24.3 Å². The zero-order valence-electron chi connectivity index (χ0n) is 18.8. The summed E-state index contributed by atoms with van der Waals surface area (Å²) in [4.78, 5) is 26.5. The number of methoxy groups -OCH3 is 1. The van der Waals surface area contributed by atoms with Crippen LogP contribution >= 0.6 is 11.6 Å². The van der Waals surface area contributed by atoms with Crippen molar-refractivity contribution in [3.63, 3.8) is 0 Å². The summed E-state index contributed by atoms with van der Waals surface area (Å²) in [7, 11) is 1.42. The fourth-order valence-corrected chi connectivity index (χ4v) is 4.95. The molecular formula is C26H26ClNO5. The Labute approximate surface area is 197 Å². The number of carbonyl (C=O) groups is 2. The normalized spacial score (nSPS) is 20.3. The number of nitrogens with one attached hydrogen (secondary N) is 1. The van der Waals surface area contributed by atoms with Gasteiger partial charge in [0.15, 0.2) is 17.3 Å². The number of benzene rings is 2. The second-order valence-corrected chi connectivity index (χ2v) is 8.61. The van der Waals surface area contributed by atoms with Crippen molar-refractivity contribution in [2.75, 3.05) is 13.7 Å². The van der Waals surface area contributed by atoms with Crippen molar-refractivity contribution in [3.05, 3.63) is 81.2 Å². The highest BCUT2D eigenvalue weighted by molar-refractivity contribution is 6.32. The van der Waals surface area contributed by atoms with Gasteiger partial charge in [-0.1, -0.05) is 41.9 Å². The van der Waals surface area contributed by atoms with E-state index in [2.05, 4.69) is 5.32 Å². The Morgan fingerprint density at radius 1 is 1.18 bits per heavy atom. The summed E-state index contributed by atoms with van der Waals surface area (Å²) in [5, 5.41) is 13.6. The van der Waals surface area contributed by atoms with E-state index in [0.29, 0.717) is 35.2 Å². The Bertz CT molecular complexity index is 1170. The third-order valence-corrected chi connectivity index (χ3v) is 6.49. The SMILES string of the molecule is CCOC(=O)C1=C(C)NC2=C(C(=O)C[C@@H](c3ccccc3)C2)[C@H]1c1cc(Cl)c(O)c(OC)c1.